The Morgan fingerprint density at radius 2 is 1.75 bits per heavy atom. The molecule has 0 heterocycles. The number of hydrogen-bond acceptors (Lipinski definition) is 5. The van der Waals surface area contributed by atoms with E-state index in [1.165, 1.54) is 0 Å². The van der Waals surface area contributed by atoms with E-state index in [1.807, 2.05) is 0 Å². The van der Waals surface area contributed by atoms with Gasteiger partial charge in [-0.15, -0.1) is 0 Å². The molecular formula is C7H16N2O4S3. The summed E-state index contributed by atoms with van der Waals surface area (Å²) < 4.78 is 46.5. The summed E-state index contributed by atoms with van der Waals surface area (Å²) in [5.41, 5.74) is 5.27. The summed E-state index contributed by atoms with van der Waals surface area (Å²) in [5, 5.41) is -0.930. The molecule has 0 aliphatic rings. The lowest BCUT2D eigenvalue weighted by Crippen LogP contribution is -2.44. The summed E-state index contributed by atoms with van der Waals surface area (Å²) in [7, 11) is -7.51. The van der Waals surface area contributed by atoms with Crippen LogP contribution in [0.3, 0.4) is 0 Å². The van der Waals surface area contributed by atoms with Gasteiger partial charge in [0, 0.05) is 12.3 Å². The van der Waals surface area contributed by atoms with Crippen molar-refractivity contribution in [3.05, 3.63) is 0 Å². The first-order chi connectivity index (χ1) is 6.96. The van der Waals surface area contributed by atoms with Crippen molar-refractivity contribution in [2.24, 2.45) is 5.73 Å². The molecule has 0 aliphatic carbocycles. The second kappa shape index (κ2) is 5.39. The Labute approximate surface area is 102 Å². The summed E-state index contributed by atoms with van der Waals surface area (Å²) in [6, 6.07) is -0.395. The molecule has 0 unspecified atom stereocenters. The zero-order chi connectivity index (χ0) is 13.1. The standard InChI is InChI=1S/C7H16N2O4S3/c1-6(2)9(4-7(8)14)16(12,13)5-15(3,10)11/h6H,4-5H2,1-3H3,(H2,8,14). The number of nitrogens with two attached hydrogens (primary N) is 1. The first kappa shape index (κ1) is 15.8. The van der Waals surface area contributed by atoms with Crippen LogP contribution in [0.4, 0.5) is 0 Å². The number of rotatable bonds is 6. The smallest absolute Gasteiger partial charge is 0.229 e. The third kappa shape index (κ3) is 5.73. The normalized spacial score (nSPS) is 13.3. The van der Waals surface area contributed by atoms with Gasteiger partial charge < -0.3 is 5.73 Å². The van der Waals surface area contributed by atoms with Gasteiger partial charge in [0.25, 0.3) is 0 Å². The fourth-order valence-corrected chi connectivity index (χ4v) is 5.00. The summed E-state index contributed by atoms with van der Waals surface area (Å²) in [5.74, 6) is 0. The number of sulfonamides is 1. The minimum atomic E-state index is -3.90. The minimum absolute atomic E-state index is 0.00535. The van der Waals surface area contributed by atoms with Gasteiger partial charge in [-0.2, -0.15) is 4.31 Å². The minimum Gasteiger partial charge on any atom is -0.392 e. The van der Waals surface area contributed by atoms with E-state index in [2.05, 4.69) is 12.2 Å². The van der Waals surface area contributed by atoms with Crippen LogP contribution in [0.5, 0.6) is 0 Å². The van der Waals surface area contributed by atoms with Crippen LogP contribution >= 0.6 is 12.2 Å². The molecule has 0 aromatic carbocycles. The average Bonchev–Trinajstić information content (AvgIpc) is 1.93. The van der Waals surface area contributed by atoms with E-state index in [-0.39, 0.29) is 11.5 Å². The van der Waals surface area contributed by atoms with Gasteiger partial charge in [0.05, 0.1) is 11.5 Å². The van der Waals surface area contributed by atoms with Crippen molar-refractivity contribution in [1.29, 1.82) is 0 Å². The molecule has 0 aromatic heterocycles. The van der Waals surface area contributed by atoms with Gasteiger partial charge in [0.1, 0.15) is 0 Å². The Bertz CT molecular complexity index is 452. The summed E-state index contributed by atoms with van der Waals surface area (Å²) >= 11 is 4.62. The van der Waals surface area contributed by atoms with E-state index in [4.69, 9.17) is 5.73 Å². The maximum atomic E-state index is 11.8. The molecule has 0 saturated heterocycles. The fraction of sp³-hybridized carbons (Fsp3) is 0.857. The van der Waals surface area contributed by atoms with Crippen LogP contribution in [0.15, 0.2) is 0 Å². The lowest BCUT2D eigenvalue weighted by molar-refractivity contribution is 0.393. The van der Waals surface area contributed by atoms with Crippen molar-refractivity contribution in [1.82, 2.24) is 4.31 Å². The van der Waals surface area contributed by atoms with Crippen LogP contribution in [0, 0.1) is 0 Å². The summed E-state index contributed by atoms with van der Waals surface area (Å²) in [4.78, 5) is 0.00535. The van der Waals surface area contributed by atoms with Crippen LogP contribution in [-0.2, 0) is 19.9 Å². The summed E-state index contributed by atoms with van der Waals surface area (Å²) in [6.45, 7) is 3.10. The van der Waals surface area contributed by atoms with E-state index in [0.717, 1.165) is 10.6 Å². The molecule has 0 rings (SSSR count). The molecule has 0 bridgehead atoms. The van der Waals surface area contributed by atoms with Crippen LogP contribution in [0.2, 0.25) is 0 Å². The molecule has 6 nitrogen and oxygen atoms in total. The van der Waals surface area contributed by atoms with Gasteiger partial charge in [0.15, 0.2) is 14.9 Å². The van der Waals surface area contributed by atoms with Gasteiger partial charge in [-0.3, -0.25) is 0 Å². The molecule has 0 aliphatic heterocycles. The molecule has 0 amide bonds. The van der Waals surface area contributed by atoms with Crippen molar-refractivity contribution >= 4 is 37.1 Å². The maximum Gasteiger partial charge on any atom is 0.229 e. The third-order valence-electron chi connectivity index (χ3n) is 1.61. The molecule has 0 radical (unpaired) electrons. The van der Waals surface area contributed by atoms with Gasteiger partial charge in [-0.05, 0) is 13.8 Å². The van der Waals surface area contributed by atoms with E-state index in [9.17, 15) is 16.8 Å². The molecule has 0 spiro atoms. The molecule has 0 saturated carbocycles. The predicted molar refractivity (Wildman–Crippen MR) is 67.3 cm³/mol. The Kier molecular flexibility index (Phi) is 5.30. The zero-order valence-electron chi connectivity index (χ0n) is 9.37. The topological polar surface area (TPSA) is 97.5 Å². The molecular weight excluding hydrogens is 272 g/mol. The number of sulfone groups is 1. The highest BCUT2D eigenvalue weighted by atomic mass is 32.3. The lowest BCUT2D eigenvalue weighted by atomic mass is 10.4. The average molecular weight is 288 g/mol. The van der Waals surface area contributed by atoms with Crippen molar-refractivity contribution in [3.8, 4) is 0 Å². The van der Waals surface area contributed by atoms with E-state index < -0.39 is 31.0 Å². The molecule has 16 heavy (non-hydrogen) atoms. The Hall–Kier alpha value is -0.250. The van der Waals surface area contributed by atoms with Gasteiger partial charge in [-0.25, -0.2) is 16.8 Å². The van der Waals surface area contributed by atoms with E-state index in [0.29, 0.717) is 0 Å². The number of hydrogen-bond donors (Lipinski definition) is 1. The largest absolute Gasteiger partial charge is 0.392 e. The zero-order valence-corrected chi connectivity index (χ0v) is 11.8. The molecule has 2 N–H and O–H groups in total. The molecule has 9 heteroatoms. The van der Waals surface area contributed by atoms with Crippen LogP contribution in [-0.4, -0.2) is 50.1 Å². The second-order valence-corrected chi connectivity index (χ2v) is 8.71. The van der Waals surface area contributed by atoms with Crippen molar-refractivity contribution in [2.75, 3.05) is 17.9 Å². The van der Waals surface area contributed by atoms with Crippen molar-refractivity contribution < 1.29 is 16.8 Å². The van der Waals surface area contributed by atoms with E-state index >= 15 is 0 Å². The number of thiocarbonyl (C=S) groups is 1. The first-order valence-corrected chi connectivity index (χ1v) is 8.49. The fourth-order valence-electron chi connectivity index (χ4n) is 1.09. The Balaban J connectivity index is 5.14. The van der Waals surface area contributed by atoms with Gasteiger partial charge in [-0.1, -0.05) is 12.2 Å². The number of nitrogens with zero attached hydrogens (tertiary/aromatic N) is 1. The van der Waals surface area contributed by atoms with Gasteiger partial charge in [0.2, 0.25) is 10.0 Å². The predicted octanol–water partition coefficient (Wildman–Crippen LogP) is -0.685. The molecule has 0 atom stereocenters. The molecule has 96 valence electrons. The first-order valence-electron chi connectivity index (χ1n) is 4.41. The maximum absolute atomic E-state index is 11.8. The summed E-state index contributed by atoms with van der Waals surface area (Å²) in [6.07, 6.45) is 0.865. The highest BCUT2D eigenvalue weighted by Crippen LogP contribution is 2.09. The van der Waals surface area contributed by atoms with Gasteiger partial charge >= 0.3 is 0 Å². The highest BCUT2D eigenvalue weighted by molar-refractivity contribution is 8.06. The van der Waals surface area contributed by atoms with Crippen LogP contribution in [0.25, 0.3) is 0 Å². The van der Waals surface area contributed by atoms with E-state index in [1.54, 1.807) is 13.8 Å². The monoisotopic (exact) mass is 288 g/mol. The Morgan fingerprint density at radius 3 is 2.00 bits per heavy atom. The quantitative estimate of drug-likeness (QED) is 0.650. The Morgan fingerprint density at radius 1 is 1.31 bits per heavy atom. The second-order valence-electron chi connectivity index (χ2n) is 3.76. The SMILES string of the molecule is CC(C)N(CC(N)=S)S(=O)(=O)CS(C)(=O)=O. The highest BCUT2D eigenvalue weighted by Gasteiger charge is 2.28. The van der Waals surface area contributed by atoms with Crippen LogP contribution in [0.1, 0.15) is 13.8 Å². The van der Waals surface area contributed by atoms with Crippen molar-refractivity contribution in [2.45, 2.75) is 19.9 Å². The molecule has 0 fully saturated rings. The van der Waals surface area contributed by atoms with Crippen molar-refractivity contribution in [3.63, 3.8) is 0 Å². The van der Waals surface area contributed by atoms with Crippen LogP contribution < -0.4 is 5.73 Å². The lowest BCUT2D eigenvalue weighted by Gasteiger charge is -2.24. The third-order valence-corrected chi connectivity index (χ3v) is 5.91. The molecule has 0 aromatic rings.